The molecule has 2 N–H and O–H groups in total. The Kier molecular flexibility index (Phi) is 6.55. The molecule has 8 heteroatoms. The summed E-state index contributed by atoms with van der Waals surface area (Å²) in [5, 5.41) is 22.2. The van der Waals surface area contributed by atoms with Crippen LogP contribution in [0.4, 0.5) is 5.69 Å². The second-order valence-corrected chi connectivity index (χ2v) is 8.64. The van der Waals surface area contributed by atoms with Gasteiger partial charge in [0.2, 0.25) is 0 Å². The van der Waals surface area contributed by atoms with Crippen molar-refractivity contribution in [2.75, 3.05) is 11.5 Å². The Morgan fingerprint density at radius 2 is 1.68 bits per heavy atom. The second kappa shape index (κ2) is 9.41. The maximum absolute atomic E-state index is 13.3. The van der Waals surface area contributed by atoms with Gasteiger partial charge in [-0.1, -0.05) is 35.3 Å². The standard InChI is InChI=1S/C26H21Cl2NO5/c1-3-34-21-12-16(7-11-20(21)30)23-22(24(31)15-5-9-17(27)10-6-15)25(32)26(33)29(23)19-13-18(28)8-4-14(19)2/h4-13,23,30-31H,3H2,1-2H3/b24-22+. The van der Waals surface area contributed by atoms with Gasteiger partial charge in [0.15, 0.2) is 11.5 Å². The number of Topliss-reactive ketones (excluding diaryl/α,β-unsaturated/α-hetero) is 1. The number of halogens is 2. The zero-order valence-electron chi connectivity index (χ0n) is 18.4. The van der Waals surface area contributed by atoms with Crippen LogP contribution in [0.1, 0.15) is 29.7 Å². The highest BCUT2D eigenvalue weighted by atomic mass is 35.5. The van der Waals surface area contributed by atoms with E-state index >= 15 is 0 Å². The Morgan fingerprint density at radius 1 is 1.00 bits per heavy atom. The van der Waals surface area contributed by atoms with Crippen molar-refractivity contribution in [3.05, 3.63) is 93.0 Å². The molecule has 0 radical (unpaired) electrons. The molecule has 1 aliphatic heterocycles. The first-order chi connectivity index (χ1) is 16.2. The van der Waals surface area contributed by atoms with Crippen LogP contribution in [0, 0.1) is 6.92 Å². The number of ketones is 1. The predicted molar refractivity (Wildman–Crippen MR) is 132 cm³/mol. The number of benzene rings is 3. The number of ether oxygens (including phenoxy) is 1. The van der Waals surface area contributed by atoms with Gasteiger partial charge in [-0.25, -0.2) is 0 Å². The van der Waals surface area contributed by atoms with E-state index in [0.717, 1.165) is 0 Å². The number of nitrogens with zero attached hydrogens (tertiary/aromatic N) is 1. The number of anilines is 1. The molecule has 1 fully saturated rings. The molecule has 6 nitrogen and oxygen atoms in total. The van der Waals surface area contributed by atoms with Crippen LogP contribution in [-0.4, -0.2) is 28.5 Å². The fourth-order valence-corrected chi connectivity index (χ4v) is 4.27. The van der Waals surface area contributed by atoms with Crippen molar-refractivity contribution in [1.29, 1.82) is 0 Å². The molecule has 174 valence electrons. The monoisotopic (exact) mass is 497 g/mol. The molecule has 1 amide bonds. The van der Waals surface area contributed by atoms with E-state index in [4.69, 9.17) is 27.9 Å². The summed E-state index contributed by atoms with van der Waals surface area (Å²) in [4.78, 5) is 27.9. The number of aliphatic hydroxyl groups is 1. The van der Waals surface area contributed by atoms with E-state index in [0.29, 0.717) is 39.0 Å². The smallest absolute Gasteiger partial charge is 0.300 e. The normalized spacial score (nSPS) is 17.3. The minimum absolute atomic E-state index is 0.0841. The SMILES string of the molecule is CCOc1cc(C2/C(=C(\O)c3ccc(Cl)cc3)C(=O)C(=O)N2c2cc(Cl)ccc2C)ccc1O. The maximum atomic E-state index is 13.3. The summed E-state index contributed by atoms with van der Waals surface area (Å²) in [5.74, 6) is -1.88. The number of rotatable bonds is 5. The number of aryl methyl sites for hydroxylation is 1. The van der Waals surface area contributed by atoms with Gasteiger partial charge >= 0.3 is 0 Å². The zero-order chi connectivity index (χ0) is 24.6. The largest absolute Gasteiger partial charge is 0.507 e. The summed E-state index contributed by atoms with van der Waals surface area (Å²) in [5.41, 5.74) is 1.85. The molecule has 0 saturated carbocycles. The molecule has 3 aromatic carbocycles. The molecule has 1 heterocycles. The molecule has 0 bridgehead atoms. The summed E-state index contributed by atoms with van der Waals surface area (Å²) in [6.45, 7) is 3.87. The fourth-order valence-electron chi connectivity index (χ4n) is 3.97. The van der Waals surface area contributed by atoms with Crippen molar-refractivity contribution in [2.24, 2.45) is 0 Å². The molecule has 1 saturated heterocycles. The summed E-state index contributed by atoms with van der Waals surface area (Å²) >= 11 is 12.2. The quantitative estimate of drug-likeness (QED) is 0.255. The average molecular weight is 498 g/mol. The van der Waals surface area contributed by atoms with Gasteiger partial charge in [0.05, 0.1) is 18.2 Å². The van der Waals surface area contributed by atoms with E-state index in [1.807, 2.05) is 0 Å². The lowest BCUT2D eigenvalue weighted by atomic mass is 9.94. The molecule has 1 aliphatic rings. The lowest BCUT2D eigenvalue weighted by molar-refractivity contribution is -0.132. The highest BCUT2D eigenvalue weighted by Crippen LogP contribution is 2.45. The van der Waals surface area contributed by atoms with Gasteiger partial charge in [0, 0.05) is 21.3 Å². The number of aliphatic hydroxyl groups excluding tert-OH is 1. The number of carbonyl (C=O) groups excluding carboxylic acids is 2. The molecule has 3 aromatic rings. The fraction of sp³-hybridized carbons (Fsp3) is 0.154. The molecule has 1 unspecified atom stereocenters. The highest BCUT2D eigenvalue weighted by molar-refractivity contribution is 6.52. The molecular weight excluding hydrogens is 477 g/mol. The third kappa shape index (κ3) is 4.22. The zero-order valence-corrected chi connectivity index (χ0v) is 19.9. The Labute approximate surface area is 206 Å². The first kappa shape index (κ1) is 23.7. The number of phenols is 1. The second-order valence-electron chi connectivity index (χ2n) is 7.77. The van der Waals surface area contributed by atoms with Crippen LogP contribution >= 0.6 is 23.2 Å². The highest BCUT2D eigenvalue weighted by Gasteiger charge is 2.47. The van der Waals surface area contributed by atoms with Crippen LogP contribution in [0.3, 0.4) is 0 Å². The van der Waals surface area contributed by atoms with Gasteiger partial charge < -0.3 is 14.9 Å². The van der Waals surface area contributed by atoms with Crippen LogP contribution in [0.15, 0.2) is 66.2 Å². The Hall–Kier alpha value is -3.48. The van der Waals surface area contributed by atoms with Crippen molar-refractivity contribution in [3.63, 3.8) is 0 Å². The molecule has 1 atom stereocenters. The first-order valence-electron chi connectivity index (χ1n) is 10.5. The minimum Gasteiger partial charge on any atom is -0.507 e. The Balaban J connectivity index is 1.99. The van der Waals surface area contributed by atoms with Gasteiger partial charge in [-0.2, -0.15) is 0 Å². The van der Waals surface area contributed by atoms with E-state index in [1.165, 1.54) is 11.0 Å². The number of phenolic OH excluding ortho intramolecular Hbond substituents is 1. The molecule has 0 aliphatic carbocycles. The Morgan fingerprint density at radius 3 is 2.35 bits per heavy atom. The lowest BCUT2D eigenvalue weighted by Gasteiger charge is -2.27. The van der Waals surface area contributed by atoms with Crippen LogP contribution < -0.4 is 9.64 Å². The summed E-state index contributed by atoms with van der Waals surface area (Å²) in [7, 11) is 0. The first-order valence-corrected chi connectivity index (χ1v) is 11.3. The molecular formula is C26H21Cl2NO5. The summed E-state index contributed by atoms with van der Waals surface area (Å²) in [6, 6.07) is 14.9. The van der Waals surface area contributed by atoms with Crippen molar-refractivity contribution in [1.82, 2.24) is 0 Å². The van der Waals surface area contributed by atoms with Crippen molar-refractivity contribution < 1.29 is 24.5 Å². The van der Waals surface area contributed by atoms with E-state index in [9.17, 15) is 19.8 Å². The van der Waals surface area contributed by atoms with Crippen molar-refractivity contribution in [3.8, 4) is 11.5 Å². The summed E-state index contributed by atoms with van der Waals surface area (Å²) in [6.07, 6.45) is 0. The number of hydrogen-bond donors (Lipinski definition) is 2. The third-order valence-corrected chi connectivity index (χ3v) is 6.08. The minimum atomic E-state index is -0.993. The van der Waals surface area contributed by atoms with E-state index < -0.39 is 17.7 Å². The number of carbonyl (C=O) groups is 2. The lowest BCUT2D eigenvalue weighted by Crippen LogP contribution is -2.30. The molecule has 34 heavy (non-hydrogen) atoms. The van der Waals surface area contributed by atoms with Gasteiger partial charge in [0.25, 0.3) is 11.7 Å². The maximum Gasteiger partial charge on any atom is 0.300 e. The van der Waals surface area contributed by atoms with Crippen LogP contribution in [-0.2, 0) is 9.59 Å². The Bertz CT molecular complexity index is 1320. The predicted octanol–water partition coefficient (Wildman–Crippen LogP) is 6.03. The van der Waals surface area contributed by atoms with Crippen molar-refractivity contribution in [2.45, 2.75) is 19.9 Å². The van der Waals surface area contributed by atoms with E-state index in [-0.39, 0.29) is 22.8 Å². The van der Waals surface area contributed by atoms with Crippen LogP contribution in [0.2, 0.25) is 10.0 Å². The molecule has 0 aromatic heterocycles. The number of hydrogen-bond acceptors (Lipinski definition) is 5. The number of amides is 1. The van der Waals surface area contributed by atoms with Crippen LogP contribution in [0.25, 0.3) is 5.76 Å². The van der Waals surface area contributed by atoms with Gasteiger partial charge in [-0.3, -0.25) is 14.5 Å². The van der Waals surface area contributed by atoms with E-state index in [1.54, 1.807) is 68.4 Å². The topological polar surface area (TPSA) is 87.1 Å². The summed E-state index contributed by atoms with van der Waals surface area (Å²) < 4.78 is 5.52. The van der Waals surface area contributed by atoms with Crippen molar-refractivity contribution >= 4 is 46.3 Å². The third-order valence-electron chi connectivity index (χ3n) is 5.59. The van der Waals surface area contributed by atoms with E-state index in [2.05, 4.69) is 0 Å². The van der Waals surface area contributed by atoms with Gasteiger partial charge in [-0.15, -0.1) is 0 Å². The van der Waals surface area contributed by atoms with Gasteiger partial charge in [-0.05, 0) is 73.5 Å². The average Bonchev–Trinajstić information content (AvgIpc) is 3.07. The molecule has 4 rings (SSSR count). The molecule has 0 spiro atoms. The van der Waals surface area contributed by atoms with Crippen LogP contribution in [0.5, 0.6) is 11.5 Å². The van der Waals surface area contributed by atoms with Gasteiger partial charge in [0.1, 0.15) is 5.76 Å². The number of aromatic hydroxyl groups is 1.